The van der Waals surface area contributed by atoms with Crippen LogP contribution in [-0.4, -0.2) is 10.1 Å². The van der Waals surface area contributed by atoms with E-state index in [1.54, 1.807) is 6.92 Å². The van der Waals surface area contributed by atoms with Gasteiger partial charge in [-0.15, -0.1) is 0 Å². The van der Waals surface area contributed by atoms with Crippen LogP contribution in [0.25, 0.3) is 22.6 Å². The van der Waals surface area contributed by atoms with E-state index in [2.05, 4.69) is 10.1 Å². The summed E-state index contributed by atoms with van der Waals surface area (Å²) in [4.78, 5) is 4.10. The van der Waals surface area contributed by atoms with Gasteiger partial charge in [0.15, 0.2) is 11.6 Å². The van der Waals surface area contributed by atoms with Crippen LogP contribution in [0.2, 0.25) is 0 Å². The first kappa shape index (κ1) is 8.23. The molecular formula is C11H8N2O2. The third-order valence-electron chi connectivity index (χ3n) is 2.16. The molecule has 0 aliphatic rings. The summed E-state index contributed by atoms with van der Waals surface area (Å²) >= 11 is 0. The summed E-state index contributed by atoms with van der Waals surface area (Å²) in [6.07, 6.45) is 0. The maximum absolute atomic E-state index is 5.57. The van der Waals surface area contributed by atoms with Crippen LogP contribution in [0.4, 0.5) is 0 Å². The fourth-order valence-electron chi connectivity index (χ4n) is 1.48. The lowest BCUT2D eigenvalue weighted by Gasteiger charge is -1.84. The molecule has 4 heteroatoms. The van der Waals surface area contributed by atoms with Crippen molar-refractivity contribution in [1.29, 1.82) is 0 Å². The molecule has 0 atom stereocenters. The molecule has 0 bridgehead atoms. The molecule has 0 N–H and O–H groups in total. The Morgan fingerprint density at radius 3 is 2.80 bits per heavy atom. The monoisotopic (exact) mass is 200 g/mol. The van der Waals surface area contributed by atoms with Gasteiger partial charge in [0, 0.05) is 5.39 Å². The summed E-state index contributed by atoms with van der Waals surface area (Å²) in [6, 6.07) is 9.66. The van der Waals surface area contributed by atoms with E-state index in [1.807, 2.05) is 30.3 Å². The molecule has 0 spiro atoms. The van der Waals surface area contributed by atoms with Crippen LogP contribution < -0.4 is 0 Å². The number of benzene rings is 1. The number of fused-ring (bicyclic) bond motifs is 1. The minimum Gasteiger partial charge on any atom is -0.451 e. The van der Waals surface area contributed by atoms with Crippen LogP contribution in [0.1, 0.15) is 5.82 Å². The van der Waals surface area contributed by atoms with Gasteiger partial charge in [0.2, 0.25) is 0 Å². The summed E-state index contributed by atoms with van der Waals surface area (Å²) in [5.41, 5.74) is 0.823. The largest absolute Gasteiger partial charge is 0.451 e. The quantitative estimate of drug-likeness (QED) is 0.606. The zero-order chi connectivity index (χ0) is 10.3. The van der Waals surface area contributed by atoms with Gasteiger partial charge in [-0.3, -0.25) is 0 Å². The van der Waals surface area contributed by atoms with Gasteiger partial charge in [-0.1, -0.05) is 23.4 Å². The zero-order valence-electron chi connectivity index (χ0n) is 8.10. The van der Waals surface area contributed by atoms with Crippen molar-refractivity contribution in [2.45, 2.75) is 6.92 Å². The van der Waals surface area contributed by atoms with Crippen LogP contribution >= 0.6 is 0 Å². The molecule has 4 nitrogen and oxygen atoms in total. The molecular weight excluding hydrogens is 192 g/mol. The molecule has 0 saturated heterocycles. The number of para-hydroxylation sites is 1. The van der Waals surface area contributed by atoms with Crippen LogP contribution in [0.15, 0.2) is 39.3 Å². The van der Waals surface area contributed by atoms with Crippen molar-refractivity contribution in [2.75, 3.05) is 0 Å². The van der Waals surface area contributed by atoms with Crippen molar-refractivity contribution in [3.63, 3.8) is 0 Å². The van der Waals surface area contributed by atoms with Crippen molar-refractivity contribution in [1.82, 2.24) is 10.1 Å². The molecule has 15 heavy (non-hydrogen) atoms. The Kier molecular flexibility index (Phi) is 1.62. The summed E-state index contributed by atoms with van der Waals surface area (Å²) in [5, 5.41) is 4.75. The number of aryl methyl sites for hydroxylation is 1. The first-order chi connectivity index (χ1) is 7.33. The Hall–Kier alpha value is -2.10. The highest BCUT2D eigenvalue weighted by Gasteiger charge is 2.11. The number of rotatable bonds is 1. The third kappa shape index (κ3) is 1.30. The van der Waals surface area contributed by atoms with Crippen molar-refractivity contribution >= 4 is 11.0 Å². The second-order valence-electron chi connectivity index (χ2n) is 3.30. The highest BCUT2D eigenvalue weighted by Crippen LogP contribution is 2.26. The topological polar surface area (TPSA) is 52.1 Å². The van der Waals surface area contributed by atoms with Crippen LogP contribution in [0.3, 0.4) is 0 Å². The van der Waals surface area contributed by atoms with E-state index < -0.39 is 0 Å². The third-order valence-corrected chi connectivity index (χ3v) is 2.16. The number of furan rings is 1. The summed E-state index contributed by atoms with van der Waals surface area (Å²) in [6.45, 7) is 1.77. The molecule has 0 radical (unpaired) electrons. The summed E-state index contributed by atoms with van der Waals surface area (Å²) in [5.74, 6) is 1.63. The Labute approximate surface area is 85.5 Å². The minimum atomic E-state index is 0.420. The smallest absolute Gasteiger partial charge is 0.293 e. The van der Waals surface area contributed by atoms with E-state index in [1.165, 1.54) is 0 Å². The van der Waals surface area contributed by atoms with Gasteiger partial charge >= 0.3 is 0 Å². The predicted octanol–water partition coefficient (Wildman–Crippen LogP) is 2.79. The second kappa shape index (κ2) is 2.95. The minimum absolute atomic E-state index is 0.420. The van der Waals surface area contributed by atoms with Gasteiger partial charge in [-0.2, -0.15) is 4.98 Å². The standard InChI is InChI=1S/C11H8N2O2/c1-7-12-11(15-13-7)10-6-8-4-2-3-5-9(8)14-10/h2-6H,1H3. The zero-order valence-corrected chi connectivity index (χ0v) is 8.10. The van der Waals surface area contributed by atoms with Gasteiger partial charge in [0.05, 0.1) is 0 Å². The molecule has 0 aliphatic carbocycles. The SMILES string of the molecule is Cc1noc(-c2cc3ccccc3o2)n1. The second-order valence-corrected chi connectivity index (χ2v) is 3.30. The normalized spacial score (nSPS) is 11.0. The molecule has 3 rings (SSSR count). The first-order valence-corrected chi connectivity index (χ1v) is 4.62. The van der Waals surface area contributed by atoms with Crippen LogP contribution in [-0.2, 0) is 0 Å². The summed E-state index contributed by atoms with van der Waals surface area (Å²) < 4.78 is 10.6. The highest BCUT2D eigenvalue weighted by molar-refractivity contribution is 5.81. The van der Waals surface area contributed by atoms with E-state index in [9.17, 15) is 0 Å². The first-order valence-electron chi connectivity index (χ1n) is 4.62. The van der Waals surface area contributed by atoms with Crippen molar-refractivity contribution in [2.24, 2.45) is 0 Å². The van der Waals surface area contributed by atoms with Gasteiger partial charge in [0.25, 0.3) is 5.89 Å². The number of hydrogen-bond donors (Lipinski definition) is 0. The maximum atomic E-state index is 5.57. The molecule has 2 heterocycles. The molecule has 1 aromatic carbocycles. The predicted molar refractivity (Wildman–Crippen MR) is 54.2 cm³/mol. The lowest BCUT2D eigenvalue weighted by molar-refractivity contribution is 0.414. The van der Waals surface area contributed by atoms with Crippen LogP contribution in [0.5, 0.6) is 0 Å². The Bertz CT molecular complexity index is 577. The lowest BCUT2D eigenvalue weighted by atomic mass is 10.2. The lowest BCUT2D eigenvalue weighted by Crippen LogP contribution is -1.73. The van der Waals surface area contributed by atoms with Crippen molar-refractivity contribution in [3.8, 4) is 11.7 Å². The van der Waals surface area contributed by atoms with Gasteiger partial charge < -0.3 is 8.94 Å². The number of aromatic nitrogens is 2. The molecule has 3 aromatic rings. The van der Waals surface area contributed by atoms with E-state index in [4.69, 9.17) is 8.94 Å². The maximum Gasteiger partial charge on any atom is 0.293 e. The van der Waals surface area contributed by atoms with Gasteiger partial charge in [-0.05, 0) is 19.1 Å². The summed E-state index contributed by atoms with van der Waals surface area (Å²) in [7, 11) is 0. The molecule has 0 amide bonds. The number of hydrogen-bond acceptors (Lipinski definition) is 4. The fraction of sp³-hybridized carbons (Fsp3) is 0.0909. The van der Waals surface area contributed by atoms with E-state index in [0.717, 1.165) is 11.0 Å². The molecule has 0 saturated carbocycles. The molecule has 0 fully saturated rings. The molecule has 74 valence electrons. The Balaban J connectivity index is 2.19. The average molecular weight is 200 g/mol. The van der Waals surface area contributed by atoms with Gasteiger partial charge in [0.1, 0.15) is 5.58 Å². The van der Waals surface area contributed by atoms with E-state index in [-0.39, 0.29) is 0 Å². The fourth-order valence-corrected chi connectivity index (χ4v) is 1.48. The van der Waals surface area contributed by atoms with E-state index in [0.29, 0.717) is 17.5 Å². The van der Waals surface area contributed by atoms with Gasteiger partial charge in [-0.25, -0.2) is 0 Å². The molecule has 0 unspecified atom stereocenters. The Morgan fingerprint density at radius 2 is 2.07 bits per heavy atom. The molecule has 2 aromatic heterocycles. The average Bonchev–Trinajstić information content (AvgIpc) is 2.82. The van der Waals surface area contributed by atoms with Crippen molar-refractivity contribution in [3.05, 3.63) is 36.2 Å². The van der Waals surface area contributed by atoms with E-state index >= 15 is 0 Å². The Morgan fingerprint density at radius 1 is 1.20 bits per heavy atom. The molecule has 0 aliphatic heterocycles. The van der Waals surface area contributed by atoms with Crippen molar-refractivity contribution < 1.29 is 8.94 Å². The highest BCUT2D eigenvalue weighted by atomic mass is 16.5. The number of nitrogens with zero attached hydrogens (tertiary/aromatic N) is 2. The van der Waals surface area contributed by atoms with Crippen LogP contribution in [0, 0.1) is 6.92 Å².